The van der Waals surface area contributed by atoms with Gasteiger partial charge in [-0.3, -0.25) is 5.41 Å². The Morgan fingerprint density at radius 3 is 2.71 bits per heavy atom. The SMILES string of the molecule is C/C=N/O/C=C/C(=N/C=N)C(/C)=C/O. The van der Waals surface area contributed by atoms with Crippen LogP contribution < -0.4 is 0 Å². The highest BCUT2D eigenvalue weighted by atomic mass is 16.6. The van der Waals surface area contributed by atoms with Crippen molar-refractivity contribution in [2.24, 2.45) is 10.1 Å². The van der Waals surface area contributed by atoms with Crippen molar-refractivity contribution < 1.29 is 9.94 Å². The predicted octanol–water partition coefficient (Wildman–Crippen LogP) is 2.03. The molecule has 0 unspecified atom stereocenters. The number of aliphatic hydroxyl groups excluding tert-OH is 1. The molecule has 0 aliphatic heterocycles. The van der Waals surface area contributed by atoms with Gasteiger partial charge in [-0.05, 0) is 13.8 Å². The third-order valence-corrected chi connectivity index (χ3v) is 1.25. The molecule has 0 aromatic rings. The molecule has 0 saturated carbocycles. The van der Waals surface area contributed by atoms with Crippen molar-refractivity contribution in [3.8, 4) is 0 Å². The molecule has 0 rings (SSSR count). The summed E-state index contributed by atoms with van der Waals surface area (Å²) in [6.45, 7) is 3.38. The van der Waals surface area contributed by atoms with Crippen LogP contribution in [0.2, 0.25) is 0 Å². The smallest absolute Gasteiger partial charge is 0.124 e. The van der Waals surface area contributed by atoms with Crippen molar-refractivity contribution >= 4 is 18.3 Å². The number of nitrogens with one attached hydrogen (secondary N) is 1. The van der Waals surface area contributed by atoms with Crippen LogP contribution in [0, 0.1) is 5.41 Å². The maximum absolute atomic E-state index is 8.71. The first-order chi connectivity index (χ1) is 6.76. The predicted molar refractivity (Wildman–Crippen MR) is 57.0 cm³/mol. The summed E-state index contributed by atoms with van der Waals surface area (Å²) in [7, 11) is 0. The van der Waals surface area contributed by atoms with Crippen LogP contribution in [0.3, 0.4) is 0 Å². The lowest BCUT2D eigenvalue weighted by atomic mass is 10.2. The highest BCUT2D eigenvalue weighted by Gasteiger charge is 1.96. The molecule has 0 radical (unpaired) electrons. The van der Waals surface area contributed by atoms with Gasteiger partial charge in [0.2, 0.25) is 0 Å². The molecule has 0 atom stereocenters. The van der Waals surface area contributed by atoms with E-state index >= 15 is 0 Å². The highest BCUT2D eigenvalue weighted by Crippen LogP contribution is 1.97. The fraction of sp³-hybridized carbons (Fsp3) is 0.222. The summed E-state index contributed by atoms with van der Waals surface area (Å²) in [4.78, 5) is 8.38. The van der Waals surface area contributed by atoms with E-state index in [0.29, 0.717) is 11.3 Å². The summed E-state index contributed by atoms with van der Waals surface area (Å²) in [5.41, 5.74) is 0.975. The molecule has 0 aromatic carbocycles. The van der Waals surface area contributed by atoms with Gasteiger partial charge in [0, 0.05) is 17.9 Å². The third-order valence-electron chi connectivity index (χ3n) is 1.25. The van der Waals surface area contributed by atoms with Crippen LogP contribution in [0.4, 0.5) is 0 Å². The molecule has 0 aliphatic carbocycles. The summed E-state index contributed by atoms with van der Waals surface area (Å²) in [5, 5.41) is 19.0. The van der Waals surface area contributed by atoms with Gasteiger partial charge in [0.05, 0.1) is 12.0 Å². The number of hydrogen-bond donors (Lipinski definition) is 2. The van der Waals surface area contributed by atoms with Gasteiger partial charge >= 0.3 is 0 Å². The van der Waals surface area contributed by atoms with E-state index in [-0.39, 0.29) is 0 Å². The van der Waals surface area contributed by atoms with Crippen molar-refractivity contribution in [2.75, 3.05) is 0 Å². The average molecular weight is 195 g/mol. The molecule has 0 amide bonds. The van der Waals surface area contributed by atoms with Crippen LogP contribution in [0.25, 0.3) is 0 Å². The number of nitrogens with zero attached hydrogens (tertiary/aromatic N) is 2. The molecule has 0 heterocycles. The third kappa shape index (κ3) is 4.87. The first kappa shape index (κ1) is 12.1. The Labute approximate surface area is 82.6 Å². The second kappa shape index (κ2) is 7.72. The van der Waals surface area contributed by atoms with Gasteiger partial charge in [0.25, 0.3) is 0 Å². The molecule has 0 fully saturated rings. The van der Waals surface area contributed by atoms with Crippen molar-refractivity contribution in [3.05, 3.63) is 24.2 Å². The van der Waals surface area contributed by atoms with Crippen molar-refractivity contribution in [2.45, 2.75) is 13.8 Å². The number of hydrogen-bond acceptors (Lipinski definition) is 4. The molecular weight excluding hydrogens is 182 g/mol. The number of rotatable bonds is 5. The average Bonchev–Trinajstić information content (AvgIpc) is 2.21. The van der Waals surface area contributed by atoms with E-state index in [2.05, 4.69) is 15.0 Å². The zero-order valence-corrected chi connectivity index (χ0v) is 8.14. The molecule has 0 saturated heterocycles. The lowest BCUT2D eigenvalue weighted by Crippen LogP contribution is -1.96. The zero-order chi connectivity index (χ0) is 10.8. The number of oxime groups is 1. The van der Waals surface area contributed by atoms with Crippen LogP contribution in [0.5, 0.6) is 0 Å². The van der Waals surface area contributed by atoms with E-state index in [0.717, 1.165) is 12.6 Å². The molecule has 0 bridgehead atoms. The lowest BCUT2D eigenvalue weighted by molar-refractivity contribution is 0.270. The highest BCUT2D eigenvalue weighted by molar-refractivity contribution is 6.10. The normalized spacial score (nSPS) is 13.9. The van der Waals surface area contributed by atoms with Crippen LogP contribution in [-0.4, -0.2) is 23.4 Å². The molecule has 5 heteroatoms. The first-order valence-corrected chi connectivity index (χ1v) is 3.94. The minimum Gasteiger partial charge on any atom is -0.515 e. The Morgan fingerprint density at radius 1 is 1.50 bits per heavy atom. The van der Waals surface area contributed by atoms with Crippen LogP contribution in [-0.2, 0) is 4.84 Å². The fourth-order valence-electron chi connectivity index (χ4n) is 0.603. The molecule has 14 heavy (non-hydrogen) atoms. The van der Waals surface area contributed by atoms with E-state index in [1.54, 1.807) is 13.8 Å². The van der Waals surface area contributed by atoms with Gasteiger partial charge in [-0.25, -0.2) is 4.99 Å². The summed E-state index contributed by atoms with van der Waals surface area (Å²) in [5.74, 6) is 0. The fourth-order valence-corrected chi connectivity index (χ4v) is 0.603. The van der Waals surface area contributed by atoms with Gasteiger partial charge in [0.15, 0.2) is 0 Å². The Kier molecular flexibility index (Phi) is 6.67. The second-order valence-electron chi connectivity index (χ2n) is 2.23. The first-order valence-electron chi connectivity index (χ1n) is 3.94. The summed E-state index contributed by atoms with van der Waals surface area (Å²) in [6, 6.07) is 0. The van der Waals surface area contributed by atoms with Crippen LogP contribution in [0.15, 0.2) is 34.3 Å². The zero-order valence-electron chi connectivity index (χ0n) is 8.14. The Hall–Kier alpha value is -1.91. The number of aliphatic hydroxyl groups is 1. The number of aliphatic imine (C=N–C) groups is 1. The number of allylic oxidation sites excluding steroid dienone is 2. The molecule has 5 nitrogen and oxygen atoms in total. The van der Waals surface area contributed by atoms with Gasteiger partial charge < -0.3 is 9.94 Å². The van der Waals surface area contributed by atoms with E-state index in [9.17, 15) is 0 Å². The quantitative estimate of drug-likeness (QED) is 0.304. The van der Waals surface area contributed by atoms with E-state index in [1.807, 2.05) is 0 Å². The van der Waals surface area contributed by atoms with Gasteiger partial charge in [-0.2, -0.15) is 0 Å². The van der Waals surface area contributed by atoms with E-state index in [1.165, 1.54) is 18.6 Å². The molecule has 0 spiro atoms. The topological polar surface area (TPSA) is 78.0 Å². The Morgan fingerprint density at radius 2 is 2.21 bits per heavy atom. The maximum atomic E-state index is 8.71. The van der Waals surface area contributed by atoms with Gasteiger partial charge in [0.1, 0.15) is 12.6 Å². The molecule has 2 N–H and O–H groups in total. The maximum Gasteiger partial charge on any atom is 0.124 e. The summed E-state index contributed by atoms with van der Waals surface area (Å²) in [6.07, 6.45) is 6.10. The molecule has 0 aliphatic rings. The summed E-state index contributed by atoms with van der Waals surface area (Å²) >= 11 is 0. The van der Waals surface area contributed by atoms with Crippen LogP contribution in [0.1, 0.15) is 13.8 Å². The minimum atomic E-state index is 0.439. The van der Waals surface area contributed by atoms with Crippen molar-refractivity contribution in [1.29, 1.82) is 5.41 Å². The Bertz CT molecular complexity index is 290. The lowest BCUT2D eigenvalue weighted by Gasteiger charge is -1.96. The minimum absolute atomic E-state index is 0.439. The van der Waals surface area contributed by atoms with Crippen molar-refractivity contribution in [3.63, 3.8) is 0 Å². The van der Waals surface area contributed by atoms with Crippen molar-refractivity contribution in [1.82, 2.24) is 0 Å². The molecule has 76 valence electrons. The summed E-state index contributed by atoms with van der Waals surface area (Å²) < 4.78 is 0. The molecular formula is C9H13N3O2. The van der Waals surface area contributed by atoms with E-state index in [4.69, 9.17) is 10.5 Å². The monoisotopic (exact) mass is 195 g/mol. The van der Waals surface area contributed by atoms with Crippen LogP contribution >= 0.6 is 0 Å². The van der Waals surface area contributed by atoms with E-state index < -0.39 is 0 Å². The standard InChI is InChI=1S/C9H13N3O2/c1-3-12-14-5-4-9(11-7-10)8(2)6-13/h3-7,10,13H,1-2H3/b5-4+,8-6+,10-7?,11-9-,12-3+. The largest absolute Gasteiger partial charge is 0.515 e. The molecule has 0 aromatic heterocycles. The van der Waals surface area contributed by atoms with Gasteiger partial charge in [-0.15, -0.1) is 0 Å². The Balaban J connectivity index is 4.46. The second-order valence-corrected chi connectivity index (χ2v) is 2.23. The van der Waals surface area contributed by atoms with Gasteiger partial charge in [-0.1, -0.05) is 5.16 Å².